The van der Waals surface area contributed by atoms with Gasteiger partial charge in [-0.25, -0.2) is 0 Å². The van der Waals surface area contributed by atoms with E-state index in [1.807, 2.05) is 4.90 Å². The molecule has 1 aromatic carbocycles. The van der Waals surface area contributed by atoms with Crippen molar-refractivity contribution in [3.8, 4) is 0 Å². The first-order chi connectivity index (χ1) is 11.1. The fraction of sp³-hybridized carbons (Fsp3) is 0.562. The molecule has 3 rings (SSSR count). The molecule has 2 saturated heterocycles. The molecule has 24 heavy (non-hydrogen) atoms. The Morgan fingerprint density at radius 3 is 2.62 bits per heavy atom. The van der Waals surface area contributed by atoms with Gasteiger partial charge in [0.25, 0.3) is 11.6 Å². The van der Waals surface area contributed by atoms with Crippen molar-refractivity contribution >= 4 is 24.0 Å². The van der Waals surface area contributed by atoms with Gasteiger partial charge in [0.1, 0.15) is 0 Å². The number of non-ortho nitro benzene ring substituents is 1. The van der Waals surface area contributed by atoms with Crippen molar-refractivity contribution in [3.63, 3.8) is 0 Å². The number of likely N-dealkylation sites (tertiary alicyclic amines) is 1. The maximum atomic E-state index is 12.7. The van der Waals surface area contributed by atoms with E-state index in [2.05, 4.69) is 10.2 Å². The molecule has 0 saturated carbocycles. The summed E-state index contributed by atoms with van der Waals surface area (Å²) in [5.41, 5.74) is 1.26. The molecule has 8 heteroatoms. The minimum absolute atomic E-state index is 0. The third kappa shape index (κ3) is 3.85. The van der Waals surface area contributed by atoms with Gasteiger partial charge in [0.15, 0.2) is 0 Å². The van der Waals surface area contributed by atoms with Gasteiger partial charge in [0.2, 0.25) is 0 Å². The first-order valence-electron chi connectivity index (χ1n) is 8.05. The van der Waals surface area contributed by atoms with Crippen LogP contribution in [0.25, 0.3) is 0 Å². The second kappa shape index (κ2) is 7.92. The number of rotatable bonds is 3. The molecule has 0 radical (unpaired) electrons. The number of nitro groups is 1. The number of carbonyl (C=O) groups excluding carboxylic acids is 1. The van der Waals surface area contributed by atoms with E-state index in [0.29, 0.717) is 17.2 Å². The quantitative estimate of drug-likeness (QED) is 0.656. The minimum Gasteiger partial charge on any atom is -0.337 e. The number of carbonyl (C=O) groups is 1. The van der Waals surface area contributed by atoms with E-state index in [1.54, 1.807) is 13.0 Å². The van der Waals surface area contributed by atoms with Crippen LogP contribution in [0.4, 0.5) is 5.69 Å². The zero-order valence-electron chi connectivity index (χ0n) is 13.7. The number of benzene rings is 1. The van der Waals surface area contributed by atoms with Gasteiger partial charge in [-0.3, -0.25) is 19.8 Å². The van der Waals surface area contributed by atoms with Crippen molar-refractivity contribution in [1.29, 1.82) is 0 Å². The molecule has 132 valence electrons. The number of hydrogen-bond acceptors (Lipinski definition) is 5. The lowest BCUT2D eigenvalue weighted by Crippen LogP contribution is -2.49. The van der Waals surface area contributed by atoms with E-state index in [1.165, 1.54) is 12.1 Å². The van der Waals surface area contributed by atoms with Gasteiger partial charge in [-0.05, 0) is 25.0 Å². The number of hydrogen-bond donors (Lipinski definition) is 1. The normalized spacial score (nSPS) is 21.4. The molecule has 0 aromatic heterocycles. The Morgan fingerprint density at radius 2 is 2.00 bits per heavy atom. The molecule has 2 aliphatic rings. The molecule has 1 aromatic rings. The van der Waals surface area contributed by atoms with Gasteiger partial charge >= 0.3 is 0 Å². The molecule has 1 atom stereocenters. The highest BCUT2D eigenvalue weighted by Crippen LogP contribution is 2.22. The molecule has 2 fully saturated rings. The van der Waals surface area contributed by atoms with Crippen molar-refractivity contribution < 1.29 is 9.72 Å². The average Bonchev–Trinajstić information content (AvgIpc) is 3.05. The average molecular weight is 355 g/mol. The molecule has 7 nitrogen and oxygen atoms in total. The van der Waals surface area contributed by atoms with Gasteiger partial charge < -0.3 is 10.2 Å². The Bertz CT molecular complexity index is 619. The zero-order chi connectivity index (χ0) is 16.4. The maximum Gasteiger partial charge on any atom is 0.269 e. The number of amides is 1. The molecule has 2 heterocycles. The SMILES string of the molecule is Cc1cc([N+](=O)[O-])ccc1C(=O)N1CCC(N2CCNCC2)C1.Cl. The summed E-state index contributed by atoms with van der Waals surface area (Å²) in [6, 6.07) is 4.88. The Kier molecular flexibility index (Phi) is 6.15. The van der Waals surface area contributed by atoms with Crippen molar-refractivity contribution in [3.05, 3.63) is 39.4 Å². The largest absolute Gasteiger partial charge is 0.337 e. The van der Waals surface area contributed by atoms with Gasteiger partial charge in [0.05, 0.1) is 4.92 Å². The van der Waals surface area contributed by atoms with Gasteiger partial charge in [-0.15, -0.1) is 12.4 Å². The van der Waals surface area contributed by atoms with Crippen molar-refractivity contribution in [2.45, 2.75) is 19.4 Å². The zero-order valence-corrected chi connectivity index (χ0v) is 14.6. The van der Waals surface area contributed by atoms with Crippen LogP contribution in [0.2, 0.25) is 0 Å². The fourth-order valence-corrected chi connectivity index (χ4v) is 3.44. The lowest BCUT2D eigenvalue weighted by molar-refractivity contribution is -0.384. The van der Waals surface area contributed by atoms with E-state index < -0.39 is 4.92 Å². The Balaban J connectivity index is 0.00000208. The van der Waals surface area contributed by atoms with Crippen molar-refractivity contribution in [2.24, 2.45) is 0 Å². The lowest BCUT2D eigenvalue weighted by Gasteiger charge is -2.32. The number of piperazine rings is 1. The summed E-state index contributed by atoms with van der Waals surface area (Å²) >= 11 is 0. The number of nitrogens with zero attached hydrogens (tertiary/aromatic N) is 3. The van der Waals surface area contributed by atoms with Crippen LogP contribution in [0.3, 0.4) is 0 Å². The molecule has 2 aliphatic heterocycles. The van der Waals surface area contributed by atoms with Crippen LogP contribution < -0.4 is 5.32 Å². The van der Waals surface area contributed by atoms with Gasteiger partial charge in [-0.1, -0.05) is 0 Å². The summed E-state index contributed by atoms with van der Waals surface area (Å²) < 4.78 is 0. The lowest BCUT2D eigenvalue weighted by atomic mass is 10.1. The highest BCUT2D eigenvalue weighted by Gasteiger charge is 2.31. The first-order valence-corrected chi connectivity index (χ1v) is 8.05. The number of nitro benzene ring substituents is 1. The summed E-state index contributed by atoms with van der Waals surface area (Å²) in [5, 5.41) is 14.2. The Morgan fingerprint density at radius 1 is 1.29 bits per heavy atom. The summed E-state index contributed by atoms with van der Waals surface area (Å²) in [5.74, 6) is -0.0185. The smallest absolute Gasteiger partial charge is 0.269 e. The van der Waals surface area contributed by atoms with Crippen LogP contribution >= 0.6 is 12.4 Å². The highest BCUT2D eigenvalue weighted by atomic mass is 35.5. The predicted molar refractivity (Wildman–Crippen MR) is 93.8 cm³/mol. The maximum absolute atomic E-state index is 12.7. The third-order valence-electron chi connectivity index (χ3n) is 4.77. The van der Waals surface area contributed by atoms with Crippen LogP contribution in [0.15, 0.2) is 18.2 Å². The van der Waals surface area contributed by atoms with Crippen molar-refractivity contribution in [2.75, 3.05) is 39.3 Å². The van der Waals surface area contributed by atoms with Gasteiger partial charge in [0, 0.05) is 63.0 Å². The van der Waals surface area contributed by atoms with Crippen molar-refractivity contribution in [1.82, 2.24) is 15.1 Å². The van der Waals surface area contributed by atoms with E-state index >= 15 is 0 Å². The summed E-state index contributed by atoms with van der Waals surface area (Å²) in [7, 11) is 0. The summed E-state index contributed by atoms with van der Waals surface area (Å²) in [6.45, 7) is 7.33. The van der Waals surface area contributed by atoms with Crippen LogP contribution in [-0.4, -0.2) is 65.9 Å². The predicted octanol–water partition coefficient (Wildman–Crippen LogP) is 1.44. The fourth-order valence-electron chi connectivity index (χ4n) is 3.44. The van der Waals surface area contributed by atoms with Crippen LogP contribution in [0, 0.1) is 17.0 Å². The molecule has 0 spiro atoms. The van der Waals surface area contributed by atoms with Crippen LogP contribution in [0.1, 0.15) is 22.3 Å². The van der Waals surface area contributed by atoms with Gasteiger partial charge in [-0.2, -0.15) is 0 Å². The second-order valence-corrected chi connectivity index (χ2v) is 6.24. The molecular formula is C16H23ClN4O3. The molecule has 1 N–H and O–H groups in total. The Hall–Kier alpha value is -1.70. The number of aryl methyl sites for hydroxylation is 1. The number of nitrogens with one attached hydrogen (secondary N) is 1. The Labute approximate surface area is 147 Å². The minimum atomic E-state index is -0.433. The monoisotopic (exact) mass is 354 g/mol. The molecule has 0 bridgehead atoms. The molecular weight excluding hydrogens is 332 g/mol. The van der Waals surface area contributed by atoms with E-state index in [0.717, 1.165) is 45.7 Å². The van der Waals surface area contributed by atoms with Crippen LogP contribution in [0.5, 0.6) is 0 Å². The topological polar surface area (TPSA) is 78.7 Å². The summed E-state index contributed by atoms with van der Waals surface area (Å²) in [4.78, 5) is 27.4. The first kappa shape index (κ1) is 18.6. The second-order valence-electron chi connectivity index (χ2n) is 6.24. The molecule has 1 amide bonds. The standard InChI is InChI=1S/C16H22N4O3.ClH/c1-12-10-13(20(22)23)2-3-15(12)16(21)19-7-4-14(11-19)18-8-5-17-6-9-18;/h2-3,10,14,17H,4-9,11H2,1H3;1H. The molecule has 0 aliphatic carbocycles. The van der Waals surface area contributed by atoms with E-state index in [-0.39, 0.29) is 24.0 Å². The highest BCUT2D eigenvalue weighted by molar-refractivity contribution is 5.96. The van der Waals surface area contributed by atoms with E-state index in [4.69, 9.17) is 0 Å². The van der Waals surface area contributed by atoms with E-state index in [9.17, 15) is 14.9 Å². The third-order valence-corrected chi connectivity index (χ3v) is 4.77. The summed E-state index contributed by atoms with van der Waals surface area (Å²) in [6.07, 6.45) is 0.998. The molecule has 1 unspecified atom stereocenters. The number of halogens is 1. The van der Waals surface area contributed by atoms with Crippen LogP contribution in [-0.2, 0) is 0 Å².